The summed E-state index contributed by atoms with van der Waals surface area (Å²) in [5.41, 5.74) is 9.83. The predicted octanol–water partition coefficient (Wildman–Crippen LogP) is 9.11. The molecule has 37 heavy (non-hydrogen) atoms. The summed E-state index contributed by atoms with van der Waals surface area (Å²) in [6.45, 7) is 4.32. The van der Waals surface area contributed by atoms with Gasteiger partial charge in [-0.2, -0.15) is 0 Å². The zero-order chi connectivity index (χ0) is 24.7. The van der Waals surface area contributed by atoms with Crippen LogP contribution in [0.1, 0.15) is 11.1 Å². The molecule has 0 unspecified atom stereocenters. The Labute approximate surface area is 212 Å². The van der Waals surface area contributed by atoms with Crippen molar-refractivity contribution < 1.29 is 8.83 Å². The van der Waals surface area contributed by atoms with E-state index in [2.05, 4.69) is 85.1 Å². The van der Waals surface area contributed by atoms with Gasteiger partial charge in [0, 0.05) is 27.1 Å². The highest BCUT2D eigenvalue weighted by Gasteiger charge is 2.23. The third-order valence-corrected chi connectivity index (χ3v) is 7.49. The van der Waals surface area contributed by atoms with Crippen molar-refractivity contribution in [2.45, 2.75) is 13.8 Å². The number of aryl methyl sites for hydroxylation is 2. The molecule has 0 saturated heterocycles. The molecule has 8 aromatic rings. The smallest absolute Gasteiger partial charge is 0.149 e. The van der Waals surface area contributed by atoms with Crippen molar-refractivity contribution in [3.63, 3.8) is 0 Å². The van der Waals surface area contributed by atoms with Gasteiger partial charge < -0.3 is 8.83 Å². The van der Waals surface area contributed by atoms with Crippen molar-refractivity contribution in [2.75, 3.05) is 0 Å². The SMILES string of the molecule is Cc1cc2c(oc3ccccc32)c(C)c1-n1c(-c2cccc3c2oc2ccccc23)nc2ccccc21. The highest BCUT2D eigenvalue weighted by molar-refractivity contribution is 6.10. The van der Waals surface area contributed by atoms with Gasteiger partial charge in [0.1, 0.15) is 28.2 Å². The van der Waals surface area contributed by atoms with E-state index in [1.165, 1.54) is 0 Å². The maximum atomic E-state index is 6.42. The first-order valence-corrected chi connectivity index (χ1v) is 12.5. The quantitative estimate of drug-likeness (QED) is 0.249. The summed E-state index contributed by atoms with van der Waals surface area (Å²) in [6.07, 6.45) is 0. The van der Waals surface area contributed by atoms with Crippen LogP contribution < -0.4 is 0 Å². The van der Waals surface area contributed by atoms with E-state index in [1.807, 2.05) is 30.3 Å². The van der Waals surface area contributed by atoms with Crippen LogP contribution in [-0.2, 0) is 0 Å². The van der Waals surface area contributed by atoms with E-state index >= 15 is 0 Å². The molecule has 4 nitrogen and oxygen atoms in total. The van der Waals surface area contributed by atoms with Crippen LogP contribution in [0.2, 0.25) is 0 Å². The molecule has 176 valence electrons. The van der Waals surface area contributed by atoms with Crippen molar-refractivity contribution >= 4 is 54.9 Å². The third kappa shape index (κ3) is 2.75. The fourth-order valence-electron chi connectivity index (χ4n) is 5.88. The fraction of sp³-hybridized carbons (Fsp3) is 0.0606. The van der Waals surface area contributed by atoms with E-state index in [-0.39, 0.29) is 0 Å². The second-order valence-electron chi connectivity index (χ2n) is 9.68. The van der Waals surface area contributed by atoms with Gasteiger partial charge in [0.25, 0.3) is 0 Å². The number of fused-ring (bicyclic) bond motifs is 7. The molecule has 0 atom stereocenters. The highest BCUT2D eigenvalue weighted by Crippen LogP contribution is 2.41. The van der Waals surface area contributed by atoms with Crippen LogP contribution in [0.25, 0.3) is 72.0 Å². The molecule has 0 saturated carbocycles. The number of hydrogen-bond acceptors (Lipinski definition) is 3. The zero-order valence-electron chi connectivity index (χ0n) is 20.4. The Morgan fingerprint density at radius 1 is 0.622 bits per heavy atom. The molecule has 0 N–H and O–H groups in total. The van der Waals surface area contributed by atoms with Crippen LogP contribution in [0, 0.1) is 13.8 Å². The number of benzene rings is 5. The van der Waals surface area contributed by atoms with Gasteiger partial charge in [-0.3, -0.25) is 4.57 Å². The summed E-state index contributed by atoms with van der Waals surface area (Å²) in [5, 5.41) is 4.48. The maximum Gasteiger partial charge on any atom is 0.149 e. The van der Waals surface area contributed by atoms with Gasteiger partial charge in [0.2, 0.25) is 0 Å². The summed E-state index contributed by atoms with van der Waals surface area (Å²) in [5.74, 6) is 0.854. The molecule has 0 bridgehead atoms. The Kier molecular flexibility index (Phi) is 4.04. The lowest BCUT2D eigenvalue weighted by Gasteiger charge is -2.16. The Hall–Kier alpha value is -4.83. The average Bonchev–Trinajstić information content (AvgIpc) is 3.61. The fourth-order valence-corrected chi connectivity index (χ4v) is 5.88. The van der Waals surface area contributed by atoms with Crippen molar-refractivity contribution in [3.8, 4) is 17.1 Å². The van der Waals surface area contributed by atoms with Crippen LogP contribution in [0.4, 0.5) is 0 Å². The predicted molar refractivity (Wildman–Crippen MR) is 151 cm³/mol. The molecule has 0 fully saturated rings. The molecule has 0 aliphatic rings. The molecule has 8 rings (SSSR count). The van der Waals surface area contributed by atoms with E-state index in [0.29, 0.717) is 0 Å². The van der Waals surface area contributed by atoms with Crippen molar-refractivity contribution in [1.29, 1.82) is 0 Å². The van der Waals surface area contributed by atoms with Crippen LogP contribution >= 0.6 is 0 Å². The number of imidazole rings is 1. The molecular formula is C33H22N2O2. The Morgan fingerprint density at radius 3 is 2.08 bits per heavy atom. The molecule has 3 heterocycles. The van der Waals surface area contributed by atoms with E-state index < -0.39 is 0 Å². The Balaban J connectivity index is 1.50. The van der Waals surface area contributed by atoms with Crippen LogP contribution in [0.5, 0.6) is 0 Å². The summed E-state index contributed by atoms with van der Waals surface area (Å²) in [4.78, 5) is 5.16. The van der Waals surface area contributed by atoms with Gasteiger partial charge in [-0.05, 0) is 55.8 Å². The number of hydrogen-bond donors (Lipinski definition) is 0. The Bertz CT molecular complexity index is 2170. The molecule has 0 radical (unpaired) electrons. The molecule has 0 aliphatic heterocycles. The summed E-state index contributed by atoms with van der Waals surface area (Å²) < 4.78 is 15.1. The largest absolute Gasteiger partial charge is 0.456 e. The first kappa shape index (κ1) is 20.4. The molecule has 5 aromatic carbocycles. The molecule has 3 aromatic heterocycles. The van der Waals surface area contributed by atoms with Gasteiger partial charge >= 0.3 is 0 Å². The van der Waals surface area contributed by atoms with E-state index in [0.717, 1.165) is 83.1 Å². The molecule has 0 spiro atoms. The van der Waals surface area contributed by atoms with Crippen LogP contribution in [-0.4, -0.2) is 9.55 Å². The normalized spacial score (nSPS) is 12.1. The zero-order valence-corrected chi connectivity index (χ0v) is 20.4. The third-order valence-electron chi connectivity index (χ3n) is 7.49. The highest BCUT2D eigenvalue weighted by atomic mass is 16.3. The first-order valence-electron chi connectivity index (χ1n) is 12.5. The van der Waals surface area contributed by atoms with E-state index in [1.54, 1.807) is 0 Å². The van der Waals surface area contributed by atoms with Crippen molar-refractivity contribution in [2.24, 2.45) is 0 Å². The maximum absolute atomic E-state index is 6.42. The molecule has 4 heteroatoms. The molecule has 0 amide bonds. The van der Waals surface area contributed by atoms with Crippen molar-refractivity contribution in [1.82, 2.24) is 9.55 Å². The Morgan fingerprint density at radius 2 is 1.27 bits per heavy atom. The second kappa shape index (κ2) is 7.34. The number of furan rings is 2. The molecular weight excluding hydrogens is 456 g/mol. The lowest BCUT2D eigenvalue weighted by atomic mass is 10.0. The molecule has 0 aliphatic carbocycles. The van der Waals surface area contributed by atoms with E-state index in [4.69, 9.17) is 13.8 Å². The summed E-state index contributed by atoms with van der Waals surface area (Å²) in [7, 11) is 0. The minimum Gasteiger partial charge on any atom is -0.456 e. The monoisotopic (exact) mass is 478 g/mol. The lowest BCUT2D eigenvalue weighted by Crippen LogP contribution is -2.03. The number of rotatable bonds is 2. The minimum atomic E-state index is 0.848. The number of nitrogens with zero attached hydrogens (tertiary/aromatic N) is 2. The van der Waals surface area contributed by atoms with Crippen LogP contribution in [0.15, 0.2) is 106 Å². The van der Waals surface area contributed by atoms with Crippen molar-refractivity contribution in [3.05, 3.63) is 108 Å². The van der Waals surface area contributed by atoms with Gasteiger partial charge in [-0.15, -0.1) is 0 Å². The summed E-state index contributed by atoms with van der Waals surface area (Å²) >= 11 is 0. The first-order chi connectivity index (χ1) is 18.2. The number of aromatic nitrogens is 2. The lowest BCUT2D eigenvalue weighted by molar-refractivity contribution is 0.665. The topological polar surface area (TPSA) is 44.1 Å². The summed E-state index contributed by atoms with van der Waals surface area (Å²) in [6, 6.07) is 33.3. The minimum absolute atomic E-state index is 0.848. The van der Waals surface area contributed by atoms with Gasteiger partial charge in [-0.1, -0.05) is 60.7 Å². The van der Waals surface area contributed by atoms with E-state index in [9.17, 15) is 0 Å². The second-order valence-corrected chi connectivity index (χ2v) is 9.68. The van der Waals surface area contributed by atoms with Gasteiger partial charge in [0.05, 0.1) is 22.3 Å². The standard InChI is InChI=1S/C33H22N2O2/c1-19-18-25-22-11-4-8-17-29(22)36-31(25)20(2)30(19)35-27-15-6-5-14-26(27)34-33(35)24-13-9-12-23-21-10-3-7-16-28(21)37-32(23)24/h3-18H,1-2H3. The average molecular weight is 479 g/mol. The van der Waals surface area contributed by atoms with Gasteiger partial charge in [0.15, 0.2) is 0 Å². The number of para-hydroxylation sites is 5. The van der Waals surface area contributed by atoms with Gasteiger partial charge in [-0.25, -0.2) is 4.98 Å². The van der Waals surface area contributed by atoms with Crippen LogP contribution in [0.3, 0.4) is 0 Å².